The number of nitrogen functional groups attached to an aromatic ring is 1. The molecule has 1 amide bonds. The van der Waals surface area contributed by atoms with Gasteiger partial charge in [-0.1, -0.05) is 18.2 Å². The average Bonchev–Trinajstić information content (AvgIpc) is 3.26. The Kier molecular flexibility index (Phi) is 5.26. The van der Waals surface area contributed by atoms with Crippen molar-refractivity contribution in [2.24, 2.45) is 5.73 Å². The highest BCUT2D eigenvalue weighted by molar-refractivity contribution is 14.1. The first-order chi connectivity index (χ1) is 13.5. The zero-order chi connectivity index (χ0) is 19.7. The summed E-state index contributed by atoms with van der Waals surface area (Å²) in [5.41, 5.74) is 13.1. The Morgan fingerprint density at radius 1 is 1.32 bits per heavy atom. The zero-order valence-corrected chi connectivity index (χ0v) is 17.4. The molecule has 1 aliphatic rings. The van der Waals surface area contributed by atoms with E-state index >= 15 is 0 Å². The van der Waals surface area contributed by atoms with E-state index in [1.807, 2.05) is 24.3 Å². The van der Waals surface area contributed by atoms with Crippen LogP contribution >= 0.6 is 34.4 Å². The van der Waals surface area contributed by atoms with Crippen molar-refractivity contribution in [2.45, 2.75) is 24.4 Å². The van der Waals surface area contributed by atoms with Gasteiger partial charge in [0.05, 0.1) is 0 Å². The minimum atomic E-state index is -0.524. The molecule has 0 saturated carbocycles. The molecular formula is C17H15IN6O3S. The van der Waals surface area contributed by atoms with Crippen LogP contribution in [0.15, 0.2) is 47.1 Å². The number of rotatable bonds is 6. The van der Waals surface area contributed by atoms with Gasteiger partial charge in [-0.25, -0.2) is 15.0 Å². The number of halogens is 1. The summed E-state index contributed by atoms with van der Waals surface area (Å²) < 4.78 is 14.4. The van der Waals surface area contributed by atoms with Crippen molar-refractivity contribution < 1.29 is 14.3 Å². The molecule has 1 atom stereocenters. The standard InChI is InChI=1S/C17H15IN6O3S/c18-10-4-2-1-3-9(10)16-26-7-12(27-16)28-17-23-13-14(20)21-8-22-15(13)24(17)6-5-11(19)25/h1-4,7-8,16H,5-6H2,(H2,19,25)(H2,20,21,22). The molecular weight excluding hydrogens is 495 g/mol. The van der Waals surface area contributed by atoms with E-state index in [0.29, 0.717) is 28.0 Å². The number of carbonyl (C=O) groups excluding carboxylic acids is 1. The highest BCUT2D eigenvalue weighted by Crippen LogP contribution is 2.39. The van der Waals surface area contributed by atoms with Gasteiger partial charge >= 0.3 is 0 Å². The summed E-state index contributed by atoms with van der Waals surface area (Å²) in [6, 6.07) is 7.82. The van der Waals surface area contributed by atoms with Gasteiger partial charge in [0.25, 0.3) is 6.29 Å². The molecule has 1 aliphatic heterocycles. The fourth-order valence-corrected chi connectivity index (χ4v) is 4.14. The van der Waals surface area contributed by atoms with Crippen LogP contribution < -0.4 is 11.5 Å². The van der Waals surface area contributed by atoms with Crippen molar-refractivity contribution >= 4 is 57.2 Å². The first kappa shape index (κ1) is 18.8. The van der Waals surface area contributed by atoms with Gasteiger partial charge in [-0.15, -0.1) is 0 Å². The quantitative estimate of drug-likeness (QED) is 0.484. The van der Waals surface area contributed by atoms with E-state index in [9.17, 15) is 4.79 Å². The lowest BCUT2D eigenvalue weighted by Gasteiger charge is -2.13. The van der Waals surface area contributed by atoms with Crippen LogP contribution in [0.4, 0.5) is 5.82 Å². The number of aryl methyl sites for hydroxylation is 1. The lowest BCUT2D eigenvalue weighted by molar-refractivity contribution is -0.118. The summed E-state index contributed by atoms with van der Waals surface area (Å²) in [5, 5.41) is 1.09. The summed E-state index contributed by atoms with van der Waals surface area (Å²) in [6.45, 7) is 0.318. The second-order valence-corrected chi connectivity index (χ2v) is 7.97. The second kappa shape index (κ2) is 7.83. The van der Waals surface area contributed by atoms with E-state index in [-0.39, 0.29) is 12.2 Å². The highest BCUT2D eigenvalue weighted by Gasteiger charge is 2.26. The van der Waals surface area contributed by atoms with Gasteiger partial charge < -0.3 is 25.5 Å². The fraction of sp³-hybridized carbons (Fsp3) is 0.176. The highest BCUT2D eigenvalue weighted by atomic mass is 127. The summed E-state index contributed by atoms with van der Waals surface area (Å²) in [5.74, 6) is -0.155. The Labute approximate surface area is 177 Å². The Bertz CT molecular complexity index is 1090. The van der Waals surface area contributed by atoms with E-state index in [0.717, 1.165) is 9.13 Å². The molecule has 3 aromatic rings. The first-order valence-corrected chi connectivity index (χ1v) is 10.1. The number of carbonyl (C=O) groups is 1. The Morgan fingerprint density at radius 2 is 2.14 bits per heavy atom. The topological polar surface area (TPSA) is 131 Å². The third-order valence-electron chi connectivity index (χ3n) is 3.97. The number of amides is 1. The summed E-state index contributed by atoms with van der Waals surface area (Å²) >= 11 is 3.49. The molecule has 2 aromatic heterocycles. The maximum atomic E-state index is 11.3. The SMILES string of the molecule is NC(=O)CCn1c(SC2=COC(c3ccccc3I)O2)nc2c(N)ncnc21. The van der Waals surface area contributed by atoms with E-state index in [4.69, 9.17) is 20.9 Å². The lowest BCUT2D eigenvalue weighted by atomic mass is 10.2. The van der Waals surface area contributed by atoms with Crippen molar-refractivity contribution in [1.29, 1.82) is 0 Å². The van der Waals surface area contributed by atoms with Crippen LogP contribution in [0.3, 0.4) is 0 Å². The number of fused-ring (bicyclic) bond motifs is 1. The van der Waals surface area contributed by atoms with Gasteiger partial charge in [0, 0.05) is 22.1 Å². The maximum Gasteiger partial charge on any atom is 0.268 e. The number of ether oxygens (including phenoxy) is 2. The number of benzene rings is 1. The molecule has 144 valence electrons. The van der Waals surface area contributed by atoms with Gasteiger partial charge in [-0.05, 0) is 40.4 Å². The molecule has 0 fully saturated rings. The van der Waals surface area contributed by atoms with Crippen molar-refractivity contribution in [1.82, 2.24) is 19.5 Å². The molecule has 4 rings (SSSR count). The van der Waals surface area contributed by atoms with Crippen LogP contribution in [-0.2, 0) is 20.8 Å². The molecule has 4 N–H and O–H groups in total. The fourth-order valence-electron chi connectivity index (χ4n) is 2.65. The molecule has 1 aromatic carbocycles. The summed E-state index contributed by atoms with van der Waals surface area (Å²) in [4.78, 5) is 24.0. The number of aromatic nitrogens is 4. The molecule has 0 aliphatic carbocycles. The first-order valence-electron chi connectivity index (χ1n) is 8.22. The predicted octanol–water partition coefficient (Wildman–Crippen LogP) is 2.53. The van der Waals surface area contributed by atoms with Gasteiger partial charge in [-0.3, -0.25) is 4.79 Å². The molecule has 0 saturated heterocycles. The number of nitrogens with zero attached hydrogens (tertiary/aromatic N) is 4. The van der Waals surface area contributed by atoms with Gasteiger partial charge in [0.15, 0.2) is 22.1 Å². The lowest BCUT2D eigenvalue weighted by Crippen LogP contribution is -2.14. The van der Waals surface area contributed by atoms with E-state index in [2.05, 4.69) is 37.5 Å². The van der Waals surface area contributed by atoms with Crippen LogP contribution in [0.2, 0.25) is 0 Å². The molecule has 0 radical (unpaired) electrons. The number of imidazole rings is 1. The Morgan fingerprint density at radius 3 is 2.93 bits per heavy atom. The molecule has 0 bridgehead atoms. The van der Waals surface area contributed by atoms with Crippen molar-refractivity contribution in [2.75, 3.05) is 5.73 Å². The Balaban J connectivity index is 1.59. The molecule has 9 nitrogen and oxygen atoms in total. The monoisotopic (exact) mass is 510 g/mol. The number of anilines is 1. The summed E-state index contributed by atoms with van der Waals surface area (Å²) in [6.07, 6.45) is 2.52. The number of hydrogen-bond donors (Lipinski definition) is 2. The van der Waals surface area contributed by atoms with Gasteiger partial charge in [-0.2, -0.15) is 0 Å². The van der Waals surface area contributed by atoms with Crippen LogP contribution in [-0.4, -0.2) is 25.4 Å². The van der Waals surface area contributed by atoms with Crippen molar-refractivity contribution in [3.05, 3.63) is 51.1 Å². The largest absolute Gasteiger partial charge is 0.454 e. The normalized spacial score (nSPS) is 15.9. The molecule has 3 heterocycles. The van der Waals surface area contributed by atoms with Crippen molar-refractivity contribution in [3.8, 4) is 0 Å². The Hall–Kier alpha value is -2.54. The summed E-state index contributed by atoms with van der Waals surface area (Å²) in [7, 11) is 0. The van der Waals surface area contributed by atoms with Crippen molar-refractivity contribution in [3.63, 3.8) is 0 Å². The van der Waals surface area contributed by atoms with Crippen LogP contribution in [0.5, 0.6) is 0 Å². The third kappa shape index (κ3) is 3.71. The van der Waals surface area contributed by atoms with Gasteiger partial charge in [0.2, 0.25) is 11.0 Å². The average molecular weight is 510 g/mol. The maximum absolute atomic E-state index is 11.3. The van der Waals surface area contributed by atoms with E-state index in [1.54, 1.807) is 10.8 Å². The molecule has 0 spiro atoms. The molecule has 28 heavy (non-hydrogen) atoms. The zero-order valence-electron chi connectivity index (χ0n) is 14.4. The molecule has 1 unspecified atom stereocenters. The molecule has 11 heteroatoms. The smallest absolute Gasteiger partial charge is 0.268 e. The van der Waals surface area contributed by atoms with E-state index < -0.39 is 12.2 Å². The minimum absolute atomic E-state index is 0.143. The minimum Gasteiger partial charge on any atom is -0.454 e. The number of primary amides is 1. The van der Waals surface area contributed by atoms with E-state index in [1.165, 1.54) is 18.1 Å². The second-order valence-electron chi connectivity index (χ2n) is 5.84. The van der Waals surface area contributed by atoms with Gasteiger partial charge in [0.1, 0.15) is 12.6 Å². The van der Waals surface area contributed by atoms with Crippen LogP contribution in [0, 0.1) is 3.57 Å². The number of nitrogens with two attached hydrogens (primary N) is 2. The number of thioether (sulfide) groups is 1. The number of hydrogen-bond acceptors (Lipinski definition) is 8. The van der Waals surface area contributed by atoms with Crippen LogP contribution in [0.25, 0.3) is 11.2 Å². The van der Waals surface area contributed by atoms with Crippen LogP contribution in [0.1, 0.15) is 18.3 Å². The predicted molar refractivity (Wildman–Crippen MR) is 112 cm³/mol. The third-order valence-corrected chi connectivity index (χ3v) is 5.84.